The van der Waals surface area contributed by atoms with E-state index in [2.05, 4.69) is 4.72 Å². The number of nitrogens with two attached hydrogens (primary N) is 1. The normalized spacial score (nSPS) is 11.5. The fourth-order valence-electron chi connectivity index (χ4n) is 1.83. The summed E-state index contributed by atoms with van der Waals surface area (Å²) in [6.45, 7) is 6.31. The van der Waals surface area contributed by atoms with Gasteiger partial charge in [0.05, 0.1) is 5.75 Å². The molecule has 0 aliphatic rings. The number of hydrogen-bond acceptors (Lipinski definition) is 4. The molecule has 21 heavy (non-hydrogen) atoms. The largest absolute Gasteiger partial charge is 0.335 e. The molecule has 0 unspecified atom stereocenters. The SMILES string of the molecule is CCS(=O)(=O)Nc1ccc(C(=O)N(CCN)C(C)C)cc1. The highest BCUT2D eigenvalue weighted by atomic mass is 32.2. The highest BCUT2D eigenvalue weighted by Crippen LogP contribution is 2.14. The molecule has 0 aliphatic heterocycles. The zero-order chi connectivity index (χ0) is 16.0. The molecule has 0 heterocycles. The van der Waals surface area contributed by atoms with Gasteiger partial charge in [0, 0.05) is 30.4 Å². The Bertz CT molecular complexity index is 568. The van der Waals surface area contributed by atoms with Crippen molar-refractivity contribution in [2.45, 2.75) is 26.8 Å². The lowest BCUT2D eigenvalue weighted by Gasteiger charge is -2.26. The van der Waals surface area contributed by atoms with Gasteiger partial charge in [0.15, 0.2) is 0 Å². The fourth-order valence-corrected chi connectivity index (χ4v) is 2.47. The first-order valence-electron chi connectivity index (χ1n) is 6.92. The van der Waals surface area contributed by atoms with Crippen LogP contribution in [0, 0.1) is 0 Å². The molecule has 0 radical (unpaired) electrons. The molecule has 0 atom stereocenters. The van der Waals surface area contributed by atoms with E-state index in [1.54, 1.807) is 36.1 Å². The third kappa shape index (κ3) is 5.02. The molecule has 0 aliphatic carbocycles. The second-order valence-corrected chi connectivity index (χ2v) is 6.97. The Hall–Kier alpha value is -1.60. The highest BCUT2D eigenvalue weighted by molar-refractivity contribution is 7.92. The molecule has 6 nitrogen and oxygen atoms in total. The number of rotatable bonds is 7. The van der Waals surface area contributed by atoms with Crippen molar-refractivity contribution in [2.75, 3.05) is 23.6 Å². The van der Waals surface area contributed by atoms with Gasteiger partial charge in [-0.2, -0.15) is 0 Å². The van der Waals surface area contributed by atoms with Gasteiger partial charge < -0.3 is 10.6 Å². The quantitative estimate of drug-likeness (QED) is 0.792. The van der Waals surface area contributed by atoms with Crippen molar-refractivity contribution in [3.05, 3.63) is 29.8 Å². The molecule has 1 aromatic carbocycles. The Morgan fingerprint density at radius 2 is 1.86 bits per heavy atom. The Labute approximate surface area is 126 Å². The zero-order valence-electron chi connectivity index (χ0n) is 12.7. The first kappa shape index (κ1) is 17.5. The molecule has 1 aromatic rings. The molecule has 0 saturated carbocycles. The number of amides is 1. The Balaban J connectivity index is 2.89. The van der Waals surface area contributed by atoms with E-state index >= 15 is 0 Å². The van der Waals surface area contributed by atoms with Crippen LogP contribution in [0.2, 0.25) is 0 Å². The highest BCUT2D eigenvalue weighted by Gasteiger charge is 2.18. The van der Waals surface area contributed by atoms with Crippen molar-refractivity contribution in [1.29, 1.82) is 0 Å². The predicted octanol–water partition coefficient (Wildman–Crippen LogP) is 1.26. The van der Waals surface area contributed by atoms with Gasteiger partial charge >= 0.3 is 0 Å². The molecule has 118 valence electrons. The maximum absolute atomic E-state index is 12.4. The van der Waals surface area contributed by atoms with Crippen LogP contribution in [0.15, 0.2) is 24.3 Å². The summed E-state index contributed by atoms with van der Waals surface area (Å²) in [7, 11) is -3.31. The first-order chi connectivity index (χ1) is 9.80. The third-order valence-corrected chi connectivity index (χ3v) is 4.35. The molecule has 0 aromatic heterocycles. The molecule has 1 rings (SSSR count). The Morgan fingerprint density at radius 1 is 1.29 bits per heavy atom. The lowest BCUT2D eigenvalue weighted by molar-refractivity contribution is 0.0712. The topological polar surface area (TPSA) is 92.5 Å². The van der Waals surface area contributed by atoms with Crippen molar-refractivity contribution < 1.29 is 13.2 Å². The van der Waals surface area contributed by atoms with E-state index in [4.69, 9.17) is 5.73 Å². The van der Waals surface area contributed by atoms with Crippen LogP contribution in [0.1, 0.15) is 31.1 Å². The van der Waals surface area contributed by atoms with Gasteiger partial charge in [0.1, 0.15) is 0 Å². The van der Waals surface area contributed by atoms with Crippen LogP contribution in [0.3, 0.4) is 0 Å². The van der Waals surface area contributed by atoms with Crippen LogP contribution in [0.25, 0.3) is 0 Å². The lowest BCUT2D eigenvalue weighted by Crippen LogP contribution is -2.40. The fraction of sp³-hybridized carbons (Fsp3) is 0.500. The van der Waals surface area contributed by atoms with Gasteiger partial charge in [-0.1, -0.05) is 0 Å². The molecular weight excluding hydrogens is 290 g/mol. The Morgan fingerprint density at radius 3 is 2.29 bits per heavy atom. The number of carbonyl (C=O) groups excluding carboxylic acids is 1. The van der Waals surface area contributed by atoms with Gasteiger partial charge in [-0.15, -0.1) is 0 Å². The van der Waals surface area contributed by atoms with Crippen LogP contribution < -0.4 is 10.5 Å². The van der Waals surface area contributed by atoms with E-state index in [9.17, 15) is 13.2 Å². The molecule has 3 N–H and O–H groups in total. The average molecular weight is 313 g/mol. The van der Waals surface area contributed by atoms with E-state index in [1.165, 1.54) is 0 Å². The average Bonchev–Trinajstić information content (AvgIpc) is 2.44. The summed E-state index contributed by atoms with van der Waals surface area (Å²) in [5, 5.41) is 0. The van der Waals surface area contributed by atoms with E-state index in [1.807, 2.05) is 13.8 Å². The number of carbonyl (C=O) groups is 1. The predicted molar refractivity (Wildman–Crippen MR) is 84.8 cm³/mol. The van der Waals surface area contributed by atoms with Gasteiger partial charge in [0.25, 0.3) is 5.91 Å². The number of nitrogens with zero attached hydrogens (tertiary/aromatic N) is 1. The van der Waals surface area contributed by atoms with Crippen molar-refractivity contribution in [1.82, 2.24) is 4.90 Å². The van der Waals surface area contributed by atoms with E-state index in [0.717, 1.165) is 0 Å². The minimum absolute atomic E-state index is 0.00527. The summed E-state index contributed by atoms with van der Waals surface area (Å²) in [5.74, 6) is -0.106. The molecule has 0 bridgehead atoms. The number of sulfonamides is 1. The summed E-state index contributed by atoms with van der Waals surface area (Å²) in [4.78, 5) is 14.0. The monoisotopic (exact) mass is 313 g/mol. The number of nitrogens with one attached hydrogen (secondary N) is 1. The van der Waals surface area contributed by atoms with E-state index < -0.39 is 10.0 Å². The zero-order valence-corrected chi connectivity index (χ0v) is 13.5. The second kappa shape index (κ2) is 7.42. The van der Waals surface area contributed by atoms with E-state index in [-0.39, 0.29) is 17.7 Å². The molecule has 1 amide bonds. The number of hydrogen-bond donors (Lipinski definition) is 2. The van der Waals surface area contributed by atoms with Crippen LogP contribution >= 0.6 is 0 Å². The summed E-state index contributed by atoms with van der Waals surface area (Å²) in [6, 6.07) is 6.45. The standard InChI is InChI=1S/C14H23N3O3S/c1-4-21(19,20)16-13-7-5-12(6-8-13)14(18)17(10-9-15)11(2)3/h5-8,11,16H,4,9-10,15H2,1-3H3. The minimum atomic E-state index is -3.31. The maximum atomic E-state index is 12.4. The van der Waals surface area contributed by atoms with Crippen LogP contribution in [-0.4, -0.2) is 44.1 Å². The Kier molecular flexibility index (Phi) is 6.17. The van der Waals surface area contributed by atoms with Gasteiger partial charge in [-0.3, -0.25) is 9.52 Å². The first-order valence-corrected chi connectivity index (χ1v) is 8.57. The smallest absolute Gasteiger partial charge is 0.254 e. The lowest BCUT2D eigenvalue weighted by atomic mass is 10.1. The van der Waals surface area contributed by atoms with Crippen LogP contribution in [0.5, 0.6) is 0 Å². The van der Waals surface area contributed by atoms with E-state index in [0.29, 0.717) is 24.3 Å². The van der Waals surface area contributed by atoms with Crippen molar-refractivity contribution in [3.63, 3.8) is 0 Å². The molecule has 0 fully saturated rings. The minimum Gasteiger partial charge on any atom is -0.335 e. The number of anilines is 1. The van der Waals surface area contributed by atoms with Crippen LogP contribution in [-0.2, 0) is 10.0 Å². The number of benzene rings is 1. The van der Waals surface area contributed by atoms with Gasteiger partial charge in [-0.05, 0) is 45.0 Å². The maximum Gasteiger partial charge on any atom is 0.254 e. The summed E-state index contributed by atoms with van der Waals surface area (Å²) in [5.41, 5.74) is 6.48. The van der Waals surface area contributed by atoms with Crippen LogP contribution in [0.4, 0.5) is 5.69 Å². The summed E-state index contributed by atoms with van der Waals surface area (Å²) >= 11 is 0. The van der Waals surface area contributed by atoms with Crippen molar-refractivity contribution >= 4 is 21.6 Å². The molecule has 0 spiro atoms. The molecule has 7 heteroatoms. The van der Waals surface area contributed by atoms with Crippen molar-refractivity contribution in [3.8, 4) is 0 Å². The van der Waals surface area contributed by atoms with Crippen molar-refractivity contribution in [2.24, 2.45) is 5.73 Å². The summed E-state index contributed by atoms with van der Waals surface area (Å²) < 4.78 is 25.4. The summed E-state index contributed by atoms with van der Waals surface area (Å²) in [6.07, 6.45) is 0. The van der Waals surface area contributed by atoms with Gasteiger partial charge in [0.2, 0.25) is 10.0 Å². The van der Waals surface area contributed by atoms with Gasteiger partial charge in [-0.25, -0.2) is 8.42 Å². The molecule has 0 saturated heterocycles. The second-order valence-electron chi connectivity index (χ2n) is 4.96. The third-order valence-electron chi connectivity index (χ3n) is 3.04. The molecular formula is C14H23N3O3S.